The maximum Gasteiger partial charge on any atom is 0.416 e. The Balaban J connectivity index is 2.05. The van der Waals surface area contributed by atoms with Gasteiger partial charge in [0.15, 0.2) is 0 Å². The minimum atomic E-state index is -4.45. The molecule has 0 fully saturated rings. The molecule has 0 bridgehead atoms. The van der Waals surface area contributed by atoms with Crippen molar-refractivity contribution in [2.24, 2.45) is 0 Å². The topological polar surface area (TPSA) is 47.0 Å². The SMILES string of the molecule is CCOc1ccccc1Cn1c(=O)[nH]c2cc(C(F)(F)F)ccc21. The third kappa shape index (κ3) is 3.02. The number of rotatable bonds is 4. The van der Waals surface area contributed by atoms with Gasteiger partial charge < -0.3 is 9.72 Å². The molecule has 2 aromatic carbocycles. The van der Waals surface area contributed by atoms with Crippen molar-refractivity contribution in [1.82, 2.24) is 9.55 Å². The molecule has 24 heavy (non-hydrogen) atoms. The zero-order valence-electron chi connectivity index (χ0n) is 12.9. The van der Waals surface area contributed by atoms with Crippen molar-refractivity contribution in [2.75, 3.05) is 6.61 Å². The summed E-state index contributed by atoms with van der Waals surface area (Å²) in [6.07, 6.45) is -4.45. The molecule has 0 saturated heterocycles. The molecule has 1 aromatic heterocycles. The Bertz CT molecular complexity index is 925. The summed E-state index contributed by atoms with van der Waals surface area (Å²) in [7, 11) is 0. The molecule has 0 aliphatic rings. The second kappa shape index (κ2) is 6.07. The quantitative estimate of drug-likeness (QED) is 0.788. The first kappa shape index (κ1) is 16.2. The van der Waals surface area contributed by atoms with Crippen LogP contribution in [0.5, 0.6) is 5.75 Å². The van der Waals surface area contributed by atoms with Gasteiger partial charge in [-0.1, -0.05) is 18.2 Å². The molecular formula is C17H15F3N2O2. The lowest BCUT2D eigenvalue weighted by atomic mass is 10.1. The molecular weight excluding hydrogens is 321 g/mol. The zero-order chi connectivity index (χ0) is 17.3. The fourth-order valence-electron chi connectivity index (χ4n) is 2.60. The van der Waals surface area contributed by atoms with Crippen LogP contribution in [-0.2, 0) is 12.7 Å². The Hall–Kier alpha value is -2.70. The number of aromatic nitrogens is 2. The summed E-state index contributed by atoms with van der Waals surface area (Å²) < 4.78 is 45.3. The van der Waals surface area contributed by atoms with Crippen molar-refractivity contribution < 1.29 is 17.9 Å². The van der Waals surface area contributed by atoms with Crippen LogP contribution in [0, 0.1) is 0 Å². The predicted octanol–water partition coefficient (Wildman–Crippen LogP) is 3.80. The predicted molar refractivity (Wildman–Crippen MR) is 84.3 cm³/mol. The molecule has 4 nitrogen and oxygen atoms in total. The van der Waals surface area contributed by atoms with Gasteiger partial charge in [-0.2, -0.15) is 13.2 Å². The van der Waals surface area contributed by atoms with Crippen LogP contribution in [0.2, 0.25) is 0 Å². The number of alkyl halides is 3. The third-order valence-corrected chi connectivity index (χ3v) is 3.70. The average Bonchev–Trinajstić information content (AvgIpc) is 2.84. The van der Waals surface area contributed by atoms with E-state index < -0.39 is 17.4 Å². The molecule has 0 unspecified atom stereocenters. The zero-order valence-corrected chi connectivity index (χ0v) is 12.9. The second-order valence-electron chi connectivity index (χ2n) is 5.29. The van der Waals surface area contributed by atoms with E-state index in [1.165, 1.54) is 10.6 Å². The van der Waals surface area contributed by atoms with E-state index >= 15 is 0 Å². The Labute approximate surface area is 135 Å². The van der Waals surface area contributed by atoms with Crippen molar-refractivity contribution in [3.8, 4) is 5.75 Å². The third-order valence-electron chi connectivity index (χ3n) is 3.70. The highest BCUT2D eigenvalue weighted by Gasteiger charge is 2.30. The summed E-state index contributed by atoms with van der Waals surface area (Å²) in [4.78, 5) is 14.6. The van der Waals surface area contributed by atoms with Gasteiger partial charge in [-0.05, 0) is 31.2 Å². The van der Waals surface area contributed by atoms with Crippen LogP contribution in [0.4, 0.5) is 13.2 Å². The van der Waals surface area contributed by atoms with Crippen molar-refractivity contribution in [2.45, 2.75) is 19.6 Å². The fourth-order valence-corrected chi connectivity index (χ4v) is 2.60. The molecule has 3 rings (SSSR count). The van der Waals surface area contributed by atoms with Gasteiger partial charge in [-0.25, -0.2) is 4.79 Å². The number of para-hydroxylation sites is 1. The first-order valence-corrected chi connectivity index (χ1v) is 7.40. The number of hydrogen-bond acceptors (Lipinski definition) is 2. The van der Waals surface area contributed by atoms with Crippen molar-refractivity contribution >= 4 is 11.0 Å². The number of halogens is 3. The molecule has 0 radical (unpaired) electrons. The number of ether oxygens (including phenoxy) is 1. The Morgan fingerprint density at radius 1 is 1.17 bits per heavy atom. The molecule has 0 spiro atoms. The maximum absolute atomic E-state index is 12.8. The number of fused-ring (bicyclic) bond motifs is 1. The Morgan fingerprint density at radius 2 is 1.92 bits per heavy atom. The summed E-state index contributed by atoms with van der Waals surface area (Å²) in [5.74, 6) is 0.646. The van der Waals surface area contributed by atoms with Crippen LogP contribution in [-0.4, -0.2) is 16.2 Å². The molecule has 1 N–H and O–H groups in total. The molecule has 0 amide bonds. The Morgan fingerprint density at radius 3 is 2.62 bits per heavy atom. The summed E-state index contributed by atoms with van der Waals surface area (Å²) in [6.45, 7) is 2.54. The van der Waals surface area contributed by atoms with Gasteiger partial charge in [0.25, 0.3) is 0 Å². The summed E-state index contributed by atoms with van der Waals surface area (Å²) in [5, 5.41) is 0. The van der Waals surface area contributed by atoms with E-state index in [4.69, 9.17) is 4.74 Å². The number of nitrogens with one attached hydrogen (secondary N) is 1. The van der Waals surface area contributed by atoms with Gasteiger partial charge in [0.2, 0.25) is 0 Å². The van der Waals surface area contributed by atoms with Crippen LogP contribution in [0.3, 0.4) is 0 Å². The normalized spacial score (nSPS) is 11.8. The lowest BCUT2D eigenvalue weighted by Gasteiger charge is -2.11. The summed E-state index contributed by atoms with van der Waals surface area (Å²) >= 11 is 0. The van der Waals surface area contributed by atoms with Crippen LogP contribution in [0.25, 0.3) is 11.0 Å². The average molecular weight is 336 g/mol. The number of imidazole rings is 1. The van der Waals surface area contributed by atoms with Crippen molar-refractivity contribution in [3.63, 3.8) is 0 Å². The lowest BCUT2D eigenvalue weighted by molar-refractivity contribution is -0.137. The largest absolute Gasteiger partial charge is 0.494 e. The maximum atomic E-state index is 12.8. The van der Waals surface area contributed by atoms with Crippen molar-refractivity contribution in [3.05, 3.63) is 64.1 Å². The van der Waals surface area contributed by atoms with E-state index in [0.717, 1.165) is 17.7 Å². The number of benzene rings is 2. The minimum absolute atomic E-state index is 0.156. The molecule has 126 valence electrons. The molecule has 0 aliphatic heterocycles. The number of nitrogens with zero attached hydrogens (tertiary/aromatic N) is 1. The van der Waals surface area contributed by atoms with Gasteiger partial charge in [-0.15, -0.1) is 0 Å². The molecule has 0 saturated carbocycles. The highest BCUT2D eigenvalue weighted by Crippen LogP contribution is 2.31. The molecule has 0 aliphatic carbocycles. The van der Waals surface area contributed by atoms with E-state index in [-0.39, 0.29) is 12.1 Å². The fraction of sp³-hybridized carbons (Fsp3) is 0.235. The molecule has 1 heterocycles. The first-order chi connectivity index (χ1) is 11.4. The lowest BCUT2D eigenvalue weighted by Crippen LogP contribution is -2.17. The van der Waals surface area contributed by atoms with Gasteiger partial charge in [0, 0.05) is 5.56 Å². The van der Waals surface area contributed by atoms with Crippen molar-refractivity contribution in [1.29, 1.82) is 0 Å². The summed E-state index contributed by atoms with van der Waals surface area (Å²) in [5.41, 5.74) is 0.0963. The number of H-pyrrole nitrogens is 1. The van der Waals surface area contributed by atoms with Gasteiger partial charge >= 0.3 is 11.9 Å². The molecule has 0 atom stereocenters. The number of hydrogen-bond donors (Lipinski definition) is 1. The van der Waals surface area contributed by atoms with Gasteiger partial charge in [0.05, 0.1) is 29.7 Å². The van der Waals surface area contributed by atoms with E-state index in [1.54, 1.807) is 6.07 Å². The van der Waals surface area contributed by atoms with E-state index in [0.29, 0.717) is 17.9 Å². The number of aromatic amines is 1. The monoisotopic (exact) mass is 336 g/mol. The van der Waals surface area contributed by atoms with Gasteiger partial charge in [0.1, 0.15) is 5.75 Å². The van der Waals surface area contributed by atoms with Crippen LogP contribution >= 0.6 is 0 Å². The second-order valence-corrected chi connectivity index (χ2v) is 5.29. The first-order valence-electron chi connectivity index (χ1n) is 7.40. The standard InChI is InChI=1S/C17H15F3N2O2/c1-2-24-15-6-4-3-5-11(15)10-22-14-8-7-12(17(18,19)20)9-13(14)21-16(22)23/h3-9H,2,10H2,1H3,(H,21,23). The Kier molecular flexibility index (Phi) is 4.09. The van der Waals surface area contributed by atoms with Crippen LogP contribution < -0.4 is 10.4 Å². The molecule has 7 heteroatoms. The highest BCUT2D eigenvalue weighted by molar-refractivity contribution is 5.76. The van der Waals surface area contributed by atoms with Crippen LogP contribution in [0.1, 0.15) is 18.1 Å². The van der Waals surface area contributed by atoms with Gasteiger partial charge in [-0.3, -0.25) is 4.57 Å². The van der Waals surface area contributed by atoms with E-state index in [2.05, 4.69) is 4.98 Å². The van der Waals surface area contributed by atoms with E-state index in [9.17, 15) is 18.0 Å². The summed E-state index contributed by atoms with van der Waals surface area (Å²) in [6, 6.07) is 10.5. The van der Waals surface area contributed by atoms with Crippen LogP contribution in [0.15, 0.2) is 47.3 Å². The minimum Gasteiger partial charge on any atom is -0.494 e. The molecule has 3 aromatic rings. The smallest absolute Gasteiger partial charge is 0.416 e. The highest BCUT2D eigenvalue weighted by atomic mass is 19.4. The van der Waals surface area contributed by atoms with E-state index in [1.807, 2.05) is 25.1 Å².